The van der Waals surface area contributed by atoms with Gasteiger partial charge in [-0.2, -0.15) is 0 Å². The zero-order valence-electron chi connectivity index (χ0n) is 38.8. The summed E-state index contributed by atoms with van der Waals surface area (Å²) in [6, 6.07) is 12.0. The minimum Gasteiger partial charge on any atom is -0.481 e. The molecular weight excluding hydrogens is 772 g/mol. The summed E-state index contributed by atoms with van der Waals surface area (Å²) in [6.07, 6.45) is 16.9. The minimum absolute atomic E-state index is 0.0844. The number of nitrogens with one attached hydrogen (secondary N) is 1. The van der Waals surface area contributed by atoms with Gasteiger partial charge >= 0.3 is 5.97 Å². The van der Waals surface area contributed by atoms with Gasteiger partial charge in [-0.3, -0.25) is 15.0 Å². The molecule has 0 radical (unpaired) electrons. The molecule has 5 aliphatic rings. The average Bonchev–Trinajstić information content (AvgIpc) is 3.53. The van der Waals surface area contributed by atoms with Crippen LogP contribution in [-0.4, -0.2) is 52.9 Å². The number of carbonyl (C=O) groups is 3. The van der Waals surface area contributed by atoms with Crippen LogP contribution >= 0.6 is 11.6 Å². The number of fused-ring (bicyclic) bond motifs is 7. The predicted octanol–water partition coefficient (Wildman–Crippen LogP) is 12.4. The first-order valence-corrected chi connectivity index (χ1v) is 23.0. The van der Waals surface area contributed by atoms with Gasteiger partial charge in [0.2, 0.25) is 5.90 Å². The molecule has 8 nitrogen and oxygen atoms in total. The van der Waals surface area contributed by atoms with Crippen molar-refractivity contribution in [2.24, 2.45) is 51.2 Å². The lowest BCUT2D eigenvalue weighted by atomic mass is 9.39. The summed E-state index contributed by atoms with van der Waals surface area (Å²) in [6.45, 7) is 21.6. The van der Waals surface area contributed by atoms with E-state index in [0.29, 0.717) is 58.5 Å². The number of halogens is 1. The van der Waals surface area contributed by atoms with Crippen molar-refractivity contribution in [3.05, 3.63) is 75.6 Å². The maximum Gasteiger partial charge on any atom is 0.304 e. The highest BCUT2D eigenvalue weighted by molar-refractivity contribution is 6.30. The van der Waals surface area contributed by atoms with Crippen LogP contribution in [0.3, 0.4) is 0 Å². The number of pyridine rings is 1. The quantitative estimate of drug-likeness (QED) is 0.137. The van der Waals surface area contributed by atoms with E-state index in [2.05, 4.69) is 70.8 Å². The van der Waals surface area contributed by atoms with Crippen LogP contribution in [0.1, 0.15) is 156 Å². The van der Waals surface area contributed by atoms with Crippen molar-refractivity contribution in [3.8, 4) is 0 Å². The lowest BCUT2D eigenvalue weighted by molar-refractivity contribution is -0.151. The highest BCUT2D eigenvalue weighted by atomic mass is 35.5. The molecule has 7 atom stereocenters. The van der Waals surface area contributed by atoms with Crippen LogP contribution in [0.15, 0.2) is 53.7 Å². The number of aldehydes is 1. The van der Waals surface area contributed by atoms with E-state index in [4.69, 9.17) is 32.0 Å². The number of aryl methyl sites for hydroxylation is 2. The second kappa shape index (κ2) is 22.1. The number of aliphatic hydroxyl groups excluding tert-OH is 1. The summed E-state index contributed by atoms with van der Waals surface area (Å²) in [5.41, 5.74) is 5.91. The van der Waals surface area contributed by atoms with Gasteiger partial charge in [-0.05, 0) is 130 Å². The Morgan fingerprint density at radius 1 is 0.950 bits per heavy atom. The SMILES string of the molecule is CC.CC(C)(C=O)CC(=O)O.CC(C)C1=C2C3CCC4C5(C)CCCCC5CCC4(C)C3CCC2(CCOC(=N)c2ccc(Cl)cn2)CC1=O.CO.Cc1ccc(C)cc1. The first-order valence-electron chi connectivity index (χ1n) is 22.6. The van der Waals surface area contributed by atoms with Crippen molar-refractivity contribution in [2.45, 2.75) is 153 Å². The fourth-order valence-corrected chi connectivity index (χ4v) is 12.0. The van der Waals surface area contributed by atoms with E-state index in [9.17, 15) is 14.4 Å². The molecule has 1 heterocycles. The van der Waals surface area contributed by atoms with E-state index < -0.39 is 11.4 Å². The van der Waals surface area contributed by atoms with E-state index >= 15 is 0 Å². The Morgan fingerprint density at radius 3 is 2.12 bits per heavy atom. The van der Waals surface area contributed by atoms with E-state index in [1.807, 2.05) is 13.8 Å². The molecule has 0 aliphatic heterocycles. The Balaban J connectivity index is 0.000000378. The molecule has 1 aromatic carbocycles. The van der Waals surface area contributed by atoms with Gasteiger partial charge in [-0.1, -0.05) is 121 Å². The van der Waals surface area contributed by atoms with Crippen molar-refractivity contribution in [2.75, 3.05) is 13.7 Å². The molecule has 60 heavy (non-hydrogen) atoms. The number of allylic oxidation sites excluding steroid dienone is 2. The van der Waals surface area contributed by atoms with Gasteiger partial charge in [-0.15, -0.1) is 0 Å². The maximum absolute atomic E-state index is 13.7. The summed E-state index contributed by atoms with van der Waals surface area (Å²) in [7, 11) is 1.00. The molecular formula is C51H77ClN2O6. The standard InChI is InChI=1S/C34H47ClN2O2.C8H10.C6H10O3.C2H6.CH4O/c1-21(2)29-27(38)19-34(17-18-39-31(36)26-10-8-23(35)20-37-26)16-13-25-24(30(29)34)9-11-28-32(3)14-6-5-7-22(32)12-15-33(25,28)4;1-7-3-5-8(2)6-4-7;1-6(2,4-7)3-5(8)9;2*1-2/h8,10,20-22,24-25,28,36H,5-7,9,11-19H2,1-4H3;3-6H,1-2H3;4H,3H2,1-2H3,(H,8,9);1-2H3;2H,1H3. The van der Waals surface area contributed by atoms with Gasteiger partial charge in [0, 0.05) is 30.6 Å². The Kier molecular flexibility index (Phi) is 18.8. The molecule has 4 saturated carbocycles. The molecule has 1 aromatic heterocycles. The van der Waals surface area contributed by atoms with Gasteiger partial charge in [0.1, 0.15) is 12.0 Å². The first-order chi connectivity index (χ1) is 28.4. The Bertz CT molecular complexity index is 1750. The number of carboxylic acids is 1. The summed E-state index contributed by atoms with van der Waals surface area (Å²) >= 11 is 5.97. The van der Waals surface area contributed by atoms with Crippen LogP contribution < -0.4 is 0 Å². The number of hydrogen-bond donors (Lipinski definition) is 3. The fourth-order valence-electron chi connectivity index (χ4n) is 11.9. The van der Waals surface area contributed by atoms with Crippen molar-refractivity contribution >= 4 is 35.5 Å². The smallest absolute Gasteiger partial charge is 0.304 e. The van der Waals surface area contributed by atoms with Gasteiger partial charge in [0.25, 0.3) is 0 Å². The van der Waals surface area contributed by atoms with Crippen LogP contribution in [0.5, 0.6) is 0 Å². The molecule has 0 saturated heterocycles. The number of ketones is 1. The number of benzene rings is 1. The van der Waals surface area contributed by atoms with Crippen molar-refractivity contribution in [1.29, 1.82) is 5.41 Å². The van der Waals surface area contributed by atoms with Crippen LogP contribution in [0, 0.1) is 70.5 Å². The molecule has 334 valence electrons. The number of rotatable bonds is 8. The third-order valence-electron chi connectivity index (χ3n) is 14.6. The normalized spacial score (nSPS) is 28.8. The third-order valence-corrected chi connectivity index (χ3v) is 14.9. The number of carbonyl (C=O) groups excluding carboxylic acids is 2. The van der Waals surface area contributed by atoms with Crippen molar-refractivity contribution in [1.82, 2.24) is 4.98 Å². The number of aromatic nitrogens is 1. The lowest BCUT2D eigenvalue weighted by Gasteiger charge is -2.66. The highest BCUT2D eigenvalue weighted by Gasteiger charge is 2.63. The zero-order valence-corrected chi connectivity index (χ0v) is 39.5. The zero-order chi connectivity index (χ0) is 45.1. The van der Waals surface area contributed by atoms with Gasteiger partial charge in [-0.25, -0.2) is 4.98 Å². The molecule has 0 amide bonds. The van der Waals surface area contributed by atoms with E-state index in [1.54, 1.807) is 32.2 Å². The number of ether oxygens (including phenoxy) is 1. The Labute approximate surface area is 367 Å². The molecule has 9 heteroatoms. The van der Waals surface area contributed by atoms with E-state index in [-0.39, 0.29) is 23.7 Å². The number of nitrogens with zero attached hydrogens (tertiary/aromatic N) is 1. The number of Topliss-reactive ketones (excluding diaryl/α,β-unsaturated/α-hetero) is 1. The molecule has 7 unspecified atom stereocenters. The molecule has 3 N–H and O–H groups in total. The topological polar surface area (TPSA) is 138 Å². The van der Waals surface area contributed by atoms with Crippen molar-refractivity contribution < 1.29 is 29.3 Å². The van der Waals surface area contributed by atoms with E-state index in [0.717, 1.165) is 37.4 Å². The predicted molar refractivity (Wildman–Crippen MR) is 244 cm³/mol. The van der Waals surface area contributed by atoms with Crippen LogP contribution in [0.4, 0.5) is 0 Å². The largest absolute Gasteiger partial charge is 0.481 e. The minimum atomic E-state index is -0.938. The molecule has 7 rings (SSSR count). The molecule has 4 fully saturated rings. The number of carboxylic acid groups (broad SMARTS) is 1. The van der Waals surface area contributed by atoms with Crippen molar-refractivity contribution in [3.63, 3.8) is 0 Å². The monoisotopic (exact) mass is 849 g/mol. The third kappa shape index (κ3) is 11.8. The highest BCUT2D eigenvalue weighted by Crippen LogP contribution is 2.71. The number of aliphatic carboxylic acids is 1. The lowest BCUT2D eigenvalue weighted by Crippen LogP contribution is -2.58. The molecule has 0 spiro atoms. The van der Waals surface area contributed by atoms with Gasteiger partial charge < -0.3 is 19.7 Å². The number of aliphatic hydroxyl groups is 1. The summed E-state index contributed by atoms with van der Waals surface area (Å²) in [5.74, 6) is 2.76. The molecule has 5 aliphatic carbocycles. The summed E-state index contributed by atoms with van der Waals surface area (Å²) in [5, 5.41) is 24.2. The van der Waals surface area contributed by atoms with Crippen LogP contribution in [0.2, 0.25) is 5.02 Å². The summed E-state index contributed by atoms with van der Waals surface area (Å²) in [4.78, 5) is 38.0. The van der Waals surface area contributed by atoms with Gasteiger partial charge in [0.15, 0.2) is 5.78 Å². The Morgan fingerprint density at radius 2 is 1.58 bits per heavy atom. The van der Waals surface area contributed by atoms with Gasteiger partial charge in [0.05, 0.1) is 18.1 Å². The maximum atomic E-state index is 13.7. The summed E-state index contributed by atoms with van der Waals surface area (Å²) < 4.78 is 5.96. The molecule has 2 aromatic rings. The van der Waals surface area contributed by atoms with E-state index in [1.165, 1.54) is 74.5 Å². The first kappa shape index (κ1) is 51.0. The Hall–Kier alpha value is -3.36. The average molecular weight is 850 g/mol. The fraction of sp³-hybridized carbons (Fsp3) is 0.667. The molecule has 0 bridgehead atoms. The second-order valence-corrected chi connectivity index (χ2v) is 19.8. The van der Waals surface area contributed by atoms with Crippen LogP contribution in [-0.2, 0) is 19.1 Å². The second-order valence-electron chi connectivity index (χ2n) is 19.4. The number of hydrogen-bond acceptors (Lipinski definition) is 7. The van der Waals surface area contributed by atoms with Crippen LogP contribution in [0.25, 0.3) is 0 Å².